The summed E-state index contributed by atoms with van der Waals surface area (Å²) in [6.45, 7) is 8.13. The van der Waals surface area contributed by atoms with Crippen LogP contribution in [-0.4, -0.2) is 55.9 Å². The van der Waals surface area contributed by atoms with E-state index in [2.05, 4.69) is 29.4 Å². The van der Waals surface area contributed by atoms with Crippen LogP contribution in [0.4, 0.5) is 4.79 Å². The van der Waals surface area contributed by atoms with Crippen LogP contribution >= 0.6 is 22.9 Å². The number of rotatable bonds is 6. The molecule has 0 saturated carbocycles. The molecular weight excluding hydrogens is 322 g/mol. The molecule has 1 aliphatic heterocycles. The second-order valence-electron chi connectivity index (χ2n) is 5.66. The summed E-state index contributed by atoms with van der Waals surface area (Å²) in [5.74, 6) is 0. The van der Waals surface area contributed by atoms with Crippen molar-refractivity contribution in [2.24, 2.45) is 0 Å². The van der Waals surface area contributed by atoms with E-state index in [9.17, 15) is 4.79 Å². The van der Waals surface area contributed by atoms with Crippen LogP contribution in [0.15, 0.2) is 12.1 Å². The normalized spacial score (nSPS) is 22.5. The minimum absolute atomic E-state index is 0.114. The number of hydrogen-bond donors (Lipinski definition) is 2. The van der Waals surface area contributed by atoms with Crippen molar-refractivity contribution >= 4 is 29.0 Å². The van der Waals surface area contributed by atoms with Crippen molar-refractivity contribution in [3.8, 4) is 0 Å². The fraction of sp³-hybridized carbons (Fsp3) is 0.667. The van der Waals surface area contributed by atoms with Crippen molar-refractivity contribution in [2.75, 3.05) is 32.7 Å². The molecule has 1 saturated heterocycles. The van der Waals surface area contributed by atoms with E-state index in [-0.39, 0.29) is 18.2 Å². The number of urea groups is 1. The molecule has 7 heteroatoms. The van der Waals surface area contributed by atoms with Gasteiger partial charge in [-0.3, -0.25) is 4.90 Å². The summed E-state index contributed by atoms with van der Waals surface area (Å²) in [4.78, 5) is 15.2. The predicted molar refractivity (Wildman–Crippen MR) is 90.9 cm³/mol. The highest BCUT2D eigenvalue weighted by atomic mass is 35.5. The van der Waals surface area contributed by atoms with E-state index in [1.807, 2.05) is 12.1 Å². The molecule has 1 fully saturated rings. The first-order valence-electron chi connectivity index (χ1n) is 7.66. The summed E-state index contributed by atoms with van der Waals surface area (Å²) in [5.41, 5.74) is 0. The van der Waals surface area contributed by atoms with Gasteiger partial charge in [0.1, 0.15) is 0 Å². The van der Waals surface area contributed by atoms with Gasteiger partial charge in [-0.1, -0.05) is 11.6 Å². The van der Waals surface area contributed by atoms with E-state index in [4.69, 9.17) is 16.3 Å². The van der Waals surface area contributed by atoms with Crippen LogP contribution in [0.2, 0.25) is 4.34 Å². The van der Waals surface area contributed by atoms with Gasteiger partial charge in [0.05, 0.1) is 16.5 Å². The number of thiophene rings is 1. The maximum Gasteiger partial charge on any atom is 0.314 e. The highest BCUT2D eigenvalue weighted by molar-refractivity contribution is 7.16. The molecule has 5 nitrogen and oxygen atoms in total. The van der Waals surface area contributed by atoms with Gasteiger partial charge < -0.3 is 15.4 Å². The molecule has 1 aromatic heterocycles. The number of carbonyl (C=O) groups excluding carboxylic acids is 1. The molecule has 2 atom stereocenters. The zero-order valence-corrected chi connectivity index (χ0v) is 14.7. The number of halogens is 1. The highest BCUT2D eigenvalue weighted by Gasteiger charge is 2.21. The Kier molecular flexibility index (Phi) is 6.95. The SMILES string of the molecule is C[C@H]1CN(CCNC(=O)NCCc2ccc(Cl)s2)C[C@H](C)O1. The average molecular weight is 346 g/mol. The molecule has 0 bridgehead atoms. The lowest BCUT2D eigenvalue weighted by molar-refractivity contribution is -0.0672. The minimum atomic E-state index is -0.114. The fourth-order valence-corrected chi connectivity index (χ4v) is 3.73. The molecule has 0 unspecified atom stereocenters. The van der Waals surface area contributed by atoms with Crippen LogP contribution in [0.25, 0.3) is 0 Å². The minimum Gasteiger partial charge on any atom is -0.373 e. The van der Waals surface area contributed by atoms with Gasteiger partial charge in [0.2, 0.25) is 0 Å². The summed E-state index contributed by atoms with van der Waals surface area (Å²) in [6, 6.07) is 3.76. The lowest BCUT2D eigenvalue weighted by Crippen LogP contribution is -2.48. The Balaban J connectivity index is 1.55. The molecule has 22 heavy (non-hydrogen) atoms. The van der Waals surface area contributed by atoms with Gasteiger partial charge in [-0.05, 0) is 32.4 Å². The molecule has 0 spiro atoms. The average Bonchev–Trinajstić information content (AvgIpc) is 2.83. The number of nitrogens with zero attached hydrogens (tertiary/aromatic N) is 1. The third-order valence-electron chi connectivity index (χ3n) is 3.49. The number of amides is 2. The lowest BCUT2D eigenvalue weighted by atomic mass is 10.2. The monoisotopic (exact) mass is 345 g/mol. The van der Waals surface area contributed by atoms with Crippen LogP contribution < -0.4 is 10.6 Å². The third kappa shape index (κ3) is 6.12. The first-order chi connectivity index (χ1) is 10.5. The van der Waals surface area contributed by atoms with Crippen LogP contribution in [0.5, 0.6) is 0 Å². The molecule has 1 aromatic rings. The Labute approximate surface area is 141 Å². The van der Waals surface area contributed by atoms with Gasteiger partial charge >= 0.3 is 6.03 Å². The second kappa shape index (κ2) is 8.72. The maximum atomic E-state index is 11.7. The summed E-state index contributed by atoms with van der Waals surface area (Å²) in [7, 11) is 0. The number of carbonyl (C=O) groups is 1. The summed E-state index contributed by atoms with van der Waals surface area (Å²) >= 11 is 7.42. The zero-order valence-electron chi connectivity index (χ0n) is 13.1. The zero-order chi connectivity index (χ0) is 15.9. The van der Waals surface area contributed by atoms with Gasteiger partial charge in [-0.25, -0.2) is 4.79 Å². The molecule has 124 valence electrons. The van der Waals surface area contributed by atoms with E-state index < -0.39 is 0 Å². The van der Waals surface area contributed by atoms with E-state index in [0.29, 0.717) is 13.1 Å². The Hall–Kier alpha value is -0.820. The van der Waals surface area contributed by atoms with Crippen LogP contribution in [0.1, 0.15) is 18.7 Å². The smallest absolute Gasteiger partial charge is 0.314 e. The molecule has 0 radical (unpaired) electrons. The van der Waals surface area contributed by atoms with E-state index in [0.717, 1.165) is 30.4 Å². The lowest BCUT2D eigenvalue weighted by Gasteiger charge is -2.35. The first kappa shape index (κ1) is 17.5. The van der Waals surface area contributed by atoms with Crippen LogP contribution in [-0.2, 0) is 11.2 Å². The number of ether oxygens (including phenoxy) is 1. The highest BCUT2D eigenvalue weighted by Crippen LogP contribution is 2.21. The van der Waals surface area contributed by atoms with Crippen molar-refractivity contribution < 1.29 is 9.53 Å². The van der Waals surface area contributed by atoms with Crippen LogP contribution in [0.3, 0.4) is 0 Å². The van der Waals surface area contributed by atoms with Crippen molar-refractivity contribution in [2.45, 2.75) is 32.5 Å². The van der Waals surface area contributed by atoms with Gasteiger partial charge in [-0.2, -0.15) is 0 Å². The van der Waals surface area contributed by atoms with Gasteiger partial charge in [0, 0.05) is 37.6 Å². The van der Waals surface area contributed by atoms with E-state index in [1.165, 1.54) is 4.88 Å². The van der Waals surface area contributed by atoms with Crippen molar-refractivity contribution in [3.05, 3.63) is 21.3 Å². The molecular formula is C15H24ClN3O2S. The van der Waals surface area contributed by atoms with Crippen molar-refractivity contribution in [3.63, 3.8) is 0 Å². The maximum absolute atomic E-state index is 11.7. The van der Waals surface area contributed by atoms with Gasteiger partial charge in [-0.15, -0.1) is 11.3 Å². The molecule has 2 N–H and O–H groups in total. The third-order valence-corrected chi connectivity index (χ3v) is 4.79. The standard InChI is InChI=1S/C15H24ClN3O2S/c1-11-9-19(10-12(2)21-11)8-7-18-15(20)17-6-5-13-3-4-14(16)22-13/h3-4,11-12H,5-10H2,1-2H3,(H2,17,18,20)/t11-,12-/m0/s1. The van der Waals surface area contributed by atoms with Gasteiger partial charge in [0.15, 0.2) is 0 Å². The molecule has 0 aliphatic carbocycles. The Bertz CT molecular complexity index is 473. The number of nitrogens with one attached hydrogen (secondary N) is 2. The molecule has 2 rings (SSSR count). The van der Waals surface area contributed by atoms with Crippen LogP contribution in [0, 0.1) is 0 Å². The predicted octanol–water partition coefficient (Wildman–Crippen LogP) is 2.35. The van der Waals surface area contributed by atoms with E-state index in [1.54, 1.807) is 11.3 Å². The Morgan fingerprint density at radius 3 is 2.64 bits per heavy atom. The largest absolute Gasteiger partial charge is 0.373 e. The van der Waals surface area contributed by atoms with Crippen molar-refractivity contribution in [1.29, 1.82) is 0 Å². The van der Waals surface area contributed by atoms with Gasteiger partial charge in [0.25, 0.3) is 0 Å². The topological polar surface area (TPSA) is 53.6 Å². The fourth-order valence-electron chi connectivity index (χ4n) is 2.64. The summed E-state index contributed by atoms with van der Waals surface area (Å²) in [5, 5.41) is 5.76. The first-order valence-corrected chi connectivity index (χ1v) is 8.86. The Morgan fingerprint density at radius 2 is 2.00 bits per heavy atom. The summed E-state index contributed by atoms with van der Waals surface area (Å²) in [6.07, 6.45) is 1.33. The molecule has 2 heterocycles. The Morgan fingerprint density at radius 1 is 1.32 bits per heavy atom. The van der Waals surface area contributed by atoms with Crippen molar-refractivity contribution in [1.82, 2.24) is 15.5 Å². The molecule has 0 aromatic carbocycles. The number of hydrogen-bond acceptors (Lipinski definition) is 4. The summed E-state index contributed by atoms with van der Waals surface area (Å²) < 4.78 is 6.48. The molecule has 2 amide bonds. The number of morpholine rings is 1. The molecule has 1 aliphatic rings. The quantitative estimate of drug-likeness (QED) is 0.832. The second-order valence-corrected chi connectivity index (χ2v) is 7.46. The van der Waals surface area contributed by atoms with E-state index >= 15 is 0 Å².